The van der Waals surface area contributed by atoms with E-state index in [1.54, 1.807) is 26.5 Å². The van der Waals surface area contributed by atoms with Crippen molar-refractivity contribution in [2.75, 3.05) is 14.1 Å². The molecule has 5 heteroatoms. The molecular weight excluding hydrogens is 479 g/mol. The third-order valence-electron chi connectivity index (χ3n) is 6.99. The van der Waals surface area contributed by atoms with Crippen LogP contribution in [0.1, 0.15) is 12.5 Å². The summed E-state index contributed by atoms with van der Waals surface area (Å²) >= 11 is 0. The highest BCUT2D eigenvalue weighted by atomic mass is 16.7. The number of amides is 1. The fraction of sp³-hybridized carbons (Fsp3) is 0.118. The Morgan fingerprint density at radius 1 is 0.641 bits per heavy atom. The molecule has 1 heterocycles. The predicted molar refractivity (Wildman–Crippen MR) is 162 cm³/mol. The lowest BCUT2D eigenvalue weighted by Crippen LogP contribution is -2.74. The number of carbonyl (C=O) groups is 1. The van der Waals surface area contributed by atoms with Gasteiger partial charge in [0.05, 0.1) is 0 Å². The first-order valence-electron chi connectivity index (χ1n) is 13.3. The molecule has 0 radical (unpaired) electrons. The Kier molecular flexibility index (Phi) is 9.31. The van der Waals surface area contributed by atoms with Gasteiger partial charge in [-0.15, -0.1) is 0 Å². The lowest BCUT2D eigenvalue weighted by atomic mass is 9.13. The highest BCUT2D eigenvalue weighted by Crippen LogP contribution is 2.09. The summed E-state index contributed by atoms with van der Waals surface area (Å²) in [5, 5.41) is 0. The summed E-state index contributed by atoms with van der Waals surface area (Å²) in [5.74, 6) is 0. The monoisotopic (exact) mass is 514 g/mol. The summed E-state index contributed by atoms with van der Waals surface area (Å²) in [5.41, 5.74) is 6.48. The van der Waals surface area contributed by atoms with E-state index in [0.29, 0.717) is 0 Å². The second-order valence-electron chi connectivity index (χ2n) is 9.69. The van der Waals surface area contributed by atoms with Gasteiger partial charge in [-0.05, 0) is 12.5 Å². The summed E-state index contributed by atoms with van der Waals surface area (Å²) in [7, 11) is 3.29. The van der Waals surface area contributed by atoms with Crippen molar-refractivity contribution in [2.24, 2.45) is 0 Å². The third kappa shape index (κ3) is 6.44. The van der Waals surface area contributed by atoms with Crippen molar-refractivity contribution in [1.29, 1.82) is 0 Å². The number of hydrogen-bond acceptors (Lipinski definition) is 2. The summed E-state index contributed by atoms with van der Waals surface area (Å²) in [6.07, 6.45) is 2.80. The van der Waals surface area contributed by atoms with Gasteiger partial charge in [0.2, 0.25) is 12.4 Å². The van der Waals surface area contributed by atoms with Gasteiger partial charge in [-0.1, -0.05) is 128 Å². The summed E-state index contributed by atoms with van der Waals surface area (Å²) in [6, 6.07) is 47.4. The molecule has 0 saturated carbocycles. The first kappa shape index (κ1) is 27.4. The van der Waals surface area contributed by atoms with Crippen LogP contribution in [0, 0.1) is 0 Å². The van der Waals surface area contributed by atoms with E-state index in [4.69, 9.17) is 4.84 Å². The van der Waals surface area contributed by atoms with Gasteiger partial charge in [-0.2, -0.15) is 26.7 Å². The number of hydrogen-bond donors (Lipinski definition) is 0. The number of aryl methyl sites for hydroxylation is 1. The number of carbonyl (C=O) groups excluding carboxylic acids is 1. The van der Waals surface area contributed by atoms with Crippen molar-refractivity contribution >= 4 is 34.1 Å². The smallest absolute Gasteiger partial charge is 0.309 e. The first-order chi connectivity index (χ1) is 19.1. The second kappa shape index (κ2) is 13.2. The SMILES string of the molecule is CCc1ccc[n+](OC(=O)N(C)C)c1.c1ccc([B-](c2ccccc2)(c2ccccc2)c2ccccc2)cc1. The zero-order valence-electron chi connectivity index (χ0n) is 22.9. The molecule has 5 aromatic rings. The fourth-order valence-electron chi connectivity index (χ4n) is 5.06. The highest BCUT2D eigenvalue weighted by Gasteiger charge is 2.31. The van der Waals surface area contributed by atoms with E-state index in [2.05, 4.69) is 121 Å². The Bertz CT molecular complexity index is 1280. The Labute approximate surface area is 232 Å². The zero-order valence-corrected chi connectivity index (χ0v) is 22.9. The average Bonchev–Trinajstić information content (AvgIpc) is 3.00. The van der Waals surface area contributed by atoms with Crippen molar-refractivity contribution in [3.63, 3.8) is 0 Å². The molecule has 0 spiro atoms. The number of aromatic nitrogens is 1. The van der Waals surface area contributed by atoms with E-state index >= 15 is 0 Å². The van der Waals surface area contributed by atoms with Gasteiger partial charge in [-0.3, -0.25) is 0 Å². The van der Waals surface area contributed by atoms with Gasteiger partial charge in [0.1, 0.15) is 6.15 Å². The summed E-state index contributed by atoms with van der Waals surface area (Å²) in [4.78, 5) is 17.6. The molecule has 4 nitrogen and oxygen atoms in total. The predicted octanol–water partition coefficient (Wildman–Crippen LogP) is 3.71. The fourth-order valence-corrected chi connectivity index (χ4v) is 5.06. The molecule has 0 aliphatic carbocycles. The topological polar surface area (TPSA) is 33.4 Å². The minimum absolute atomic E-state index is 0.386. The Balaban J connectivity index is 0.000000215. The number of pyridine rings is 1. The molecule has 5 rings (SSSR count). The molecule has 1 amide bonds. The maximum atomic E-state index is 11.2. The maximum Gasteiger partial charge on any atom is 0.477 e. The van der Waals surface area contributed by atoms with Crippen LogP contribution in [0.4, 0.5) is 4.79 Å². The van der Waals surface area contributed by atoms with Crippen molar-refractivity contribution in [2.45, 2.75) is 13.3 Å². The molecule has 0 saturated heterocycles. The van der Waals surface area contributed by atoms with Gasteiger partial charge in [-0.25, -0.2) is 4.79 Å². The lowest BCUT2D eigenvalue weighted by molar-refractivity contribution is -0.869. The van der Waals surface area contributed by atoms with E-state index < -0.39 is 6.15 Å². The Morgan fingerprint density at radius 3 is 1.36 bits per heavy atom. The van der Waals surface area contributed by atoms with Crippen LogP contribution >= 0.6 is 0 Å². The molecule has 0 aliphatic rings. The normalized spacial score (nSPS) is 10.6. The number of rotatable bonds is 6. The van der Waals surface area contributed by atoms with Crippen LogP contribution in [0.15, 0.2) is 146 Å². The highest BCUT2D eigenvalue weighted by molar-refractivity contribution is 7.19. The van der Waals surface area contributed by atoms with E-state index in [-0.39, 0.29) is 6.09 Å². The third-order valence-corrected chi connectivity index (χ3v) is 6.99. The molecule has 4 aromatic carbocycles. The van der Waals surface area contributed by atoms with E-state index in [1.165, 1.54) is 31.5 Å². The molecule has 0 N–H and O–H groups in total. The van der Waals surface area contributed by atoms with Crippen LogP contribution in [-0.4, -0.2) is 31.2 Å². The summed E-state index contributed by atoms with van der Waals surface area (Å²) < 4.78 is 1.42. The van der Waals surface area contributed by atoms with E-state index in [1.807, 2.05) is 19.1 Å². The Hall–Kier alpha value is -4.64. The Morgan fingerprint density at radius 2 is 1.03 bits per heavy atom. The van der Waals surface area contributed by atoms with Crippen LogP contribution in [-0.2, 0) is 6.42 Å². The molecule has 39 heavy (non-hydrogen) atoms. The minimum Gasteiger partial charge on any atom is -0.309 e. The molecule has 1 aromatic heterocycles. The molecule has 0 atom stereocenters. The van der Waals surface area contributed by atoms with Crippen LogP contribution in [0.3, 0.4) is 0 Å². The standard InChI is InChI=1S/C24H20B.C10H15N2O2/c1-5-13-21(14-6-1)25(22-15-7-2-8-16-22,23-17-9-3-10-18-23)24-19-11-4-12-20-24;1-4-9-6-5-7-12(8-9)14-10(13)11(2)3/h1-20H;5-8H,4H2,1-3H3/q-1;+1. The van der Waals surface area contributed by atoms with Crippen molar-refractivity contribution in [3.8, 4) is 0 Å². The zero-order chi connectivity index (χ0) is 27.5. The maximum absolute atomic E-state index is 11.2. The minimum atomic E-state index is -1.22. The average molecular weight is 514 g/mol. The molecule has 196 valence electrons. The van der Waals surface area contributed by atoms with Gasteiger partial charge in [0, 0.05) is 30.5 Å². The molecule has 0 aliphatic heterocycles. The molecular formula is C34H35BN2O2. The lowest BCUT2D eigenvalue weighted by Gasteiger charge is -2.44. The van der Waals surface area contributed by atoms with E-state index in [9.17, 15) is 4.79 Å². The second-order valence-corrected chi connectivity index (χ2v) is 9.69. The number of nitrogens with zero attached hydrogens (tertiary/aromatic N) is 2. The number of benzene rings is 4. The van der Waals surface area contributed by atoms with Crippen LogP contribution in [0.2, 0.25) is 0 Å². The molecule has 0 fully saturated rings. The van der Waals surface area contributed by atoms with Crippen LogP contribution < -0.4 is 31.4 Å². The molecule has 0 unspecified atom stereocenters. The first-order valence-corrected chi connectivity index (χ1v) is 13.3. The van der Waals surface area contributed by atoms with Gasteiger partial charge in [0.25, 0.3) is 0 Å². The van der Waals surface area contributed by atoms with Crippen LogP contribution in [0.5, 0.6) is 0 Å². The van der Waals surface area contributed by atoms with Gasteiger partial charge in [0.15, 0.2) is 0 Å². The van der Waals surface area contributed by atoms with Crippen molar-refractivity contribution in [3.05, 3.63) is 151 Å². The van der Waals surface area contributed by atoms with E-state index in [0.717, 1.165) is 12.0 Å². The summed E-state index contributed by atoms with van der Waals surface area (Å²) in [6.45, 7) is 2.05. The van der Waals surface area contributed by atoms with Crippen molar-refractivity contribution < 1.29 is 14.4 Å². The van der Waals surface area contributed by atoms with Gasteiger partial charge >= 0.3 is 6.09 Å². The largest absolute Gasteiger partial charge is 0.477 e. The molecule has 0 bridgehead atoms. The van der Waals surface area contributed by atoms with Crippen molar-refractivity contribution in [1.82, 2.24) is 4.90 Å². The van der Waals surface area contributed by atoms with Crippen LogP contribution in [0.25, 0.3) is 0 Å². The van der Waals surface area contributed by atoms with Gasteiger partial charge < -0.3 is 4.90 Å². The quantitative estimate of drug-likeness (QED) is 0.256.